The van der Waals surface area contributed by atoms with Crippen LogP contribution < -0.4 is 10.4 Å². The average Bonchev–Trinajstić information content (AvgIpc) is 2.78. The number of hydrogen-bond acceptors (Lipinski definition) is 0. The molecule has 2 atom stereocenters. The first-order valence-electron chi connectivity index (χ1n) is 10.3. The van der Waals surface area contributed by atoms with Crippen LogP contribution in [-0.4, -0.2) is 16.1 Å². The second-order valence-corrected chi connectivity index (χ2v) is 16.1. The molecule has 0 aliphatic heterocycles. The molecule has 1 aliphatic carbocycles. The van der Waals surface area contributed by atoms with Gasteiger partial charge in [0.05, 0.1) is 0 Å². The highest BCUT2D eigenvalue weighted by molar-refractivity contribution is 7.02. The minimum Gasteiger partial charge on any atom is -0.106 e. The third-order valence-electron chi connectivity index (χ3n) is 6.92. The van der Waals surface area contributed by atoms with Gasteiger partial charge in [-0.2, -0.15) is 0 Å². The lowest BCUT2D eigenvalue weighted by Gasteiger charge is -2.44. The minimum absolute atomic E-state index is 0.638. The molecule has 2 aromatic rings. The van der Waals surface area contributed by atoms with Crippen LogP contribution in [0.3, 0.4) is 0 Å². The fourth-order valence-corrected chi connectivity index (χ4v) is 13.3. The summed E-state index contributed by atoms with van der Waals surface area (Å²) in [4.78, 5) is 0. The summed E-state index contributed by atoms with van der Waals surface area (Å²) >= 11 is 0. The average molecular weight is 401 g/mol. The van der Waals surface area contributed by atoms with Crippen molar-refractivity contribution in [3.8, 4) is 0 Å². The largest absolute Gasteiger partial charge is 0.135 e. The van der Waals surface area contributed by atoms with Gasteiger partial charge >= 0.3 is 0 Å². The zero-order valence-electron chi connectivity index (χ0n) is 16.9. The van der Waals surface area contributed by atoms with Gasteiger partial charge in [-0.3, -0.25) is 0 Å². The topological polar surface area (TPSA) is 0 Å². The molecule has 0 nitrogen and oxygen atoms in total. The molecule has 1 saturated carbocycles. The van der Waals surface area contributed by atoms with E-state index in [-0.39, 0.29) is 0 Å². The van der Waals surface area contributed by atoms with Crippen molar-refractivity contribution in [2.45, 2.75) is 36.8 Å². The van der Waals surface area contributed by atoms with Gasteiger partial charge in [-0.25, -0.2) is 0 Å². The molecule has 28 heavy (non-hydrogen) atoms. The van der Waals surface area contributed by atoms with Crippen LogP contribution in [0.1, 0.15) is 25.7 Å². The maximum atomic E-state index is 4.30. The van der Waals surface area contributed by atoms with Crippen LogP contribution in [0.4, 0.5) is 0 Å². The molecular weight excluding hydrogens is 368 g/mol. The van der Waals surface area contributed by atoms with Crippen molar-refractivity contribution in [1.29, 1.82) is 0 Å². The first kappa shape index (κ1) is 20.6. The normalized spacial score (nSPS) is 20.1. The smallest absolute Gasteiger partial charge is 0.106 e. The summed E-state index contributed by atoms with van der Waals surface area (Å²) in [6.45, 7) is 17.2. The Morgan fingerprint density at radius 3 is 1.29 bits per heavy atom. The van der Waals surface area contributed by atoms with Gasteiger partial charge in [0.15, 0.2) is 0 Å². The van der Waals surface area contributed by atoms with Crippen LogP contribution in [0.5, 0.6) is 0 Å². The van der Waals surface area contributed by atoms with Gasteiger partial charge in [0, 0.05) is 0 Å². The molecule has 2 heteroatoms. The molecule has 3 rings (SSSR count). The van der Waals surface area contributed by atoms with E-state index in [1.54, 1.807) is 0 Å². The van der Waals surface area contributed by atoms with E-state index in [9.17, 15) is 0 Å². The molecule has 0 heterocycles. The molecule has 0 radical (unpaired) electrons. The summed E-state index contributed by atoms with van der Waals surface area (Å²) < 4.78 is 0. The van der Waals surface area contributed by atoms with Gasteiger partial charge in [0.25, 0.3) is 0 Å². The zero-order valence-corrected chi connectivity index (χ0v) is 18.9. The maximum Gasteiger partial charge on any atom is 0.135 e. The van der Waals surface area contributed by atoms with E-state index in [1.165, 1.54) is 36.1 Å². The molecule has 1 fully saturated rings. The molecule has 0 spiro atoms. The predicted octanol–water partition coefficient (Wildman–Crippen LogP) is 5.91. The Hall–Kier alpha value is -2.17. The van der Waals surface area contributed by atoms with Crippen LogP contribution in [-0.2, 0) is 0 Å². The standard InChI is InChI=1S/C26H32Si2/c1-5-27(6-2,23-16-11-9-12-17-23)25-20-15-21-26(22-25)28(7-3,8-4)24-18-13-10-14-19-24/h5-14,16-19,25-26H,1-4,15,20-22H2. The van der Waals surface area contributed by atoms with Gasteiger partial charge in [-0.05, 0) is 11.1 Å². The summed E-state index contributed by atoms with van der Waals surface area (Å²) in [6.07, 6.45) is 5.02. The first-order valence-corrected chi connectivity index (χ1v) is 14.8. The molecule has 2 unspecified atom stereocenters. The molecule has 0 bridgehead atoms. The zero-order chi connectivity index (χ0) is 20.0. The van der Waals surface area contributed by atoms with Gasteiger partial charge in [0.2, 0.25) is 0 Å². The second-order valence-electron chi connectivity index (χ2n) is 7.98. The van der Waals surface area contributed by atoms with Crippen LogP contribution >= 0.6 is 0 Å². The second kappa shape index (κ2) is 8.89. The fourth-order valence-electron chi connectivity index (χ4n) is 5.29. The highest BCUT2D eigenvalue weighted by Gasteiger charge is 2.46. The van der Waals surface area contributed by atoms with Crippen molar-refractivity contribution >= 4 is 26.5 Å². The van der Waals surface area contributed by atoms with Gasteiger partial charge in [-0.15, -0.1) is 26.3 Å². The Balaban J connectivity index is 2.00. The third-order valence-corrected chi connectivity index (χ3v) is 16.0. The molecule has 0 saturated heterocycles. The monoisotopic (exact) mass is 400 g/mol. The van der Waals surface area contributed by atoms with Crippen molar-refractivity contribution < 1.29 is 0 Å². The van der Waals surface area contributed by atoms with Crippen LogP contribution in [0.2, 0.25) is 11.1 Å². The van der Waals surface area contributed by atoms with E-state index in [1.807, 2.05) is 0 Å². The fraction of sp³-hybridized carbons (Fsp3) is 0.231. The molecule has 0 aromatic heterocycles. The summed E-state index contributed by atoms with van der Waals surface area (Å²) in [5.74, 6) is 0. The van der Waals surface area contributed by atoms with Gasteiger partial charge < -0.3 is 0 Å². The predicted molar refractivity (Wildman–Crippen MR) is 130 cm³/mol. The van der Waals surface area contributed by atoms with Crippen LogP contribution in [0.15, 0.2) is 110 Å². The number of hydrogen-bond donors (Lipinski definition) is 0. The molecule has 1 aliphatic rings. The van der Waals surface area contributed by atoms with Crippen LogP contribution in [0, 0.1) is 0 Å². The van der Waals surface area contributed by atoms with Crippen molar-refractivity contribution in [2.75, 3.05) is 0 Å². The van der Waals surface area contributed by atoms with E-state index in [0.717, 1.165) is 0 Å². The van der Waals surface area contributed by atoms with Crippen molar-refractivity contribution in [3.63, 3.8) is 0 Å². The number of benzene rings is 2. The van der Waals surface area contributed by atoms with E-state index >= 15 is 0 Å². The highest BCUT2D eigenvalue weighted by atomic mass is 28.3. The van der Waals surface area contributed by atoms with Crippen LogP contribution in [0.25, 0.3) is 0 Å². The first-order chi connectivity index (χ1) is 13.7. The number of rotatable bonds is 8. The SMILES string of the molecule is C=C[Si](C=C)(c1ccccc1)C1CCCC([Si](C=C)(C=C)c2ccccc2)C1. The summed E-state index contributed by atoms with van der Waals surface area (Å²) in [5, 5.41) is 2.88. The molecular formula is C26H32Si2. The van der Waals surface area contributed by atoms with E-state index in [2.05, 4.69) is 110 Å². The Kier molecular flexibility index (Phi) is 6.53. The molecule has 2 aromatic carbocycles. The van der Waals surface area contributed by atoms with E-state index < -0.39 is 16.1 Å². The quantitative estimate of drug-likeness (QED) is 0.483. The van der Waals surface area contributed by atoms with Crippen molar-refractivity contribution in [2.24, 2.45) is 0 Å². The van der Waals surface area contributed by atoms with Crippen molar-refractivity contribution in [1.82, 2.24) is 0 Å². The molecule has 144 valence electrons. The van der Waals surface area contributed by atoms with E-state index in [0.29, 0.717) is 11.1 Å². The van der Waals surface area contributed by atoms with Crippen molar-refractivity contribution in [3.05, 3.63) is 110 Å². The van der Waals surface area contributed by atoms with Gasteiger partial charge in [-0.1, -0.05) is 120 Å². The Morgan fingerprint density at radius 1 is 0.607 bits per heavy atom. The highest BCUT2D eigenvalue weighted by Crippen LogP contribution is 2.47. The Morgan fingerprint density at radius 2 is 0.964 bits per heavy atom. The summed E-state index contributed by atoms with van der Waals surface area (Å²) in [7, 11) is -3.97. The summed E-state index contributed by atoms with van der Waals surface area (Å²) in [5.41, 5.74) is 10.3. The minimum atomic E-state index is -1.98. The summed E-state index contributed by atoms with van der Waals surface area (Å²) in [6, 6.07) is 21.9. The van der Waals surface area contributed by atoms with E-state index in [4.69, 9.17) is 0 Å². The lowest BCUT2D eigenvalue weighted by molar-refractivity contribution is 0.489. The molecule has 0 amide bonds. The lowest BCUT2D eigenvalue weighted by atomic mass is 9.99. The van der Waals surface area contributed by atoms with Gasteiger partial charge in [0.1, 0.15) is 16.1 Å². The third kappa shape index (κ3) is 3.47. The Bertz CT molecular complexity index is 737. The Labute approximate surface area is 173 Å². The maximum absolute atomic E-state index is 4.30. The lowest BCUT2D eigenvalue weighted by Crippen LogP contribution is -2.54. The molecule has 0 N–H and O–H groups in total.